The summed E-state index contributed by atoms with van der Waals surface area (Å²) in [6, 6.07) is 5.01. The average molecular weight is 390 g/mol. The zero-order valence-electron chi connectivity index (χ0n) is 16.2. The van der Waals surface area contributed by atoms with E-state index in [0.717, 1.165) is 37.7 Å². The molecule has 0 radical (unpaired) electrons. The van der Waals surface area contributed by atoms with E-state index in [1.54, 1.807) is 6.07 Å². The van der Waals surface area contributed by atoms with E-state index in [-0.39, 0.29) is 23.8 Å². The molecule has 4 nitrogen and oxygen atoms in total. The number of hydrogen-bond donors (Lipinski definition) is 2. The van der Waals surface area contributed by atoms with Gasteiger partial charge in [-0.25, -0.2) is 9.37 Å². The number of benzene rings is 1. The Hall–Kier alpha value is -1.79. The van der Waals surface area contributed by atoms with E-state index in [9.17, 15) is 9.18 Å². The molecule has 6 heteroatoms. The van der Waals surface area contributed by atoms with Gasteiger partial charge in [-0.05, 0) is 54.9 Å². The van der Waals surface area contributed by atoms with Crippen LogP contribution < -0.4 is 10.6 Å². The number of carbonyl (C=O) groups is 1. The number of nitrogens with one attached hydrogen (secondary N) is 2. The molecule has 2 atom stereocenters. The molecule has 1 aliphatic rings. The number of hydrogen-bond acceptors (Lipinski definition) is 4. The standard InChI is InChI=1S/C21H28FN3OS/c1-4-5-18(20(26)25-21-23-12-19(27-21)13(2)3)24-17-9-7-14-10-16(22)8-6-15(14)11-17/h6,8,10,12-13,17-18,24H,4-5,7,9,11H2,1-3H3,(H,23,25,26)/t17-,18+/m1/s1. The minimum absolute atomic E-state index is 0.0218. The molecular weight excluding hydrogens is 361 g/mol. The van der Waals surface area contributed by atoms with Gasteiger partial charge in [-0.2, -0.15) is 0 Å². The predicted molar refractivity (Wildman–Crippen MR) is 109 cm³/mol. The monoisotopic (exact) mass is 389 g/mol. The molecular formula is C21H28FN3OS. The molecule has 0 fully saturated rings. The van der Waals surface area contributed by atoms with Crippen LogP contribution in [0.5, 0.6) is 0 Å². The van der Waals surface area contributed by atoms with Gasteiger partial charge in [-0.1, -0.05) is 33.3 Å². The van der Waals surface area contributed by atoms with Gasteiger partial charge >= 0.3 is 0 Å². The summed E-state index contributed by atoms with van der Waals surface area (Å²) in [7, 11) is 0. The zero-order valence-corrected chi connectivity index (χ0v) is 17.0. The second-order valence-corrected chi connectivity index (χ2v) is 8.63. The van der Waals surface area contributed by atoms with Gasteiger partial charge in [-0.15, -0.1) is 11.3 Å². The maximum atomic E-state index is 13.4. The van der Waals surface area contributed by atoms with Crippen LogP contribution in [0.15, 0.2) is 24.4 Å². The number of rotatable bonds is 7. The lowest BCUT2D eigenvalue weighted by atomic mass is 9.87. The summed E-state index contributed by atoms with van der Waals surface area (Å²) in [5.74, 6) is 0.212. The largest absolute Gasteiger partial charge is 0.303 e. The van der Waals surface area contributed by atoms with Crippen LogP contribution in [0, 0.1) is 5.82 Å². The van der Waals surface area contributed by atoms with Crippen LogP contribution in [0.4, 0.5) is 9.52 Å². The lowest BCUT2D eigenvalue weighted by molar-refractivity contribution is -0.118. The Balaban J connectivity index is 1.63. The van der Waals surface area contributed by atoms with Gasteiger partial charge in [-0.3, -0.25) is 4.79 Å². The molecule has 27 heavy (non-hydrogen) atoms. The maximum Gasteiger partial charge on any atom is 0.243 e. The van der Waals surface area contributed by atoms with E-state index in [2.05, 4.69) is 36.4 Å². The van der Waals surface area contributed by atoms with Crippen LogP contribution >= 0.6 is 11.3 Å². The summed E-state index contributed by atoms with van der Waals surface area (Å²) in [5, 5.41) is 7.17. The highest BCUT2D eigenvalue weighted by molar-refractivity contribution is 7.15. The van der Waals surface area contributed by atoms with Crippen LogP contribution in [0.1, 0.15) is 62.0 Å². The zero-order chi connectivity index (χ0) is 19.4. The summed E-state index contributed by atoms with van der Waals surface area (Å²) in [6.07, 6.45) is 6.13. The molecule has 0 saturated carbocycles. The van der Waals surface area contributed by atoms with Crippen LogP contribution in [0.2, 0.25) is 0 Å². The van der Waals surface area contributed by atoms with Gasteiger partial charge < -0.3 is 10.6 Å². The third-order valence-electron chi connectivity index (χ3n) is 5.05. The number of amides is 1. The first kappa shape index (κ1) is 20.0. The molecule has 1 heterocycles. The first-order chi connectivity index (χ1) is 13.0. The van der Waals surface area contributed by atoms with E-state index in [1.807, 2.05) is 12.3 Å². The van der Waals surface area contributed by atoms with Gasteiger partial charge in [0.1, 0.15) is 5.82 Å². The molecule has 2 N–H and O–H groups in total. The molecule has 1 aromatic carbocycles. The third-order valence-corrected chi connectivity index (χ3v) is 6.26. The molecule has 0 spiro atoms. The highest BCUT2D eigenvalue weighted by Crippen LogP contribution is 2.26. The van der Waals surface area contributed by atoms with Gasteiger partial charge in [0, 0.05) is 17.1 Å². The van der Waals surface area contributed by atoms with Crippen molar-refractivity contribution in [2.75, 3.05) is 5.32 Å². The molecule has 146 valence electrons. The first-order valence-corrected chi connectivity index (χ1v) is 10.6. The average Bonchev–Trinajstić information content (AvgIpc) is 3.10. The lowest BCUT2D eigenvalue weighted by Gasteiger charge is -2.29. The van der Waals surface area contributed by atoms with Crippen molar-refractivity contribution in [1.29, 1.82) is 0 Å². The van der Waals surface area contributed by atoms with E-state index in [4.69, 9.17) is 0 Å². The lowest BCUT2D eigenvalue weighted by Crippen LogP contribution is -2.47. The third kappa shape index (κ3) is 5.14. The maximum absolute atomic E-state index is 13.4. The Morgan fingerprint density at radius 1 is 1.37 bits per heavy atom. The number of nitrogens with zero attached hydrogens (tertiary/aromatic N) is 1. The van der Waals surface area contributed by atoms with Crippen molar-refractivity contribution >= 4 is 22.4 Å². The SMILES string of the molecule is CCC[C@H](N[C@@H]1CCc2cc(F)ccc2C1)C(=O)Nc1ncc(C(C)C)s1. The molecule has 1 aromatic heterocycles. The number of fused-ring (bicyclic) bond motifs is 1. The Labute approximate surface area is 164 Å². The number of thiazole rings is 1. The van der Waals surface area contributed by atoms with Crippen molar-refractivity contribution < 1.29 is 9.18 Å². The van der Waals surface area contributed by atoms with Gasteiger partial charge in [0.05, 0.1) is 6.04 Å². The van der Waals surface area contributed by atoms with Crippen LogP contribution in [0.25, 0.3) is 0 Å². The Kier molecular flexibility index (Phi) is 6.60. The molecule has 0 saturated heterocycles. The quantitative estimate of drug-likeness (QED) is 0.724. The minimum atomic E-state index is -0.242. The molecule has 0 unspecified atom stereocenters. The van der Waals surface area contributed by atoms with Crippen LogP contribution in [-0.2, 0) is 17.6 Å². The van der Waals surface area contributed by atoms with E-state index in [0.29, 0.717) is 11.0 Å². The Morgan fingerprint density at radius 2 is 2.19 bits per heavy atom. The predicted octanol–water partition coefficient (Wildman–Crippen LogP) is 4.66. The highest BCUT2D eigenvalue weighted by Gasteiger charge is 2.25. The van der Waals surface area contributed by atoms with Crippen molar-refractivity contribution in [3.8, 4) is 0 Å². The van der Waals surface area contributed by atoms with E-state index < -0.39 is 0 Å². The van der Waals surface area contributed by atoms with Gasteiger partial charge in [0.25, 0.3) is 0 Å². The molecule has 1 aliphatic carbocycles. The summed E-state index contributed by atoms with van der Waals surface area (Å²) in [4.78, 5) is 18.3. The Morgan fingerprint density at radius 3 is 2.89 bits per heavy atom. The molecule has 1 amide bonds. The van der Waals surface area contributed by atoms with Crippen LogP contribution in [0.3, 0.4) is 0 Å². The second kappa shape index (κ2) is 8.93. The molecule has 2 aromatic rings. The molecule has 3 rings (SSSR count). The van der Waals surface area contributed by atoms with Gasteiger partial charge in [0.2, 0.25) is 5.91 Å². The second-order valence-electron chi connectivity index (χ2n) is 7.57. The number of carbonyl (C=O) groups excluding carboxylic acids is 1. The van der Waals surface area contributed by atoms with Crippen molar-refractivity contribution in [3.05, 3.63) is 46.2 Å². The number of anilines is 1. The van der Waals surface area contributed by atoms with Crippen molar-refractivity contribution in [2.24, 2.45) is 0 Å². The fraction of sp³-hybridized carbons (Fsp3) is 0.524. The van der Waals surface area contributed by atoms with Crippen molar-refractivity contribution in [3.63, 3.8) is 0 Å². The molecule has 0 bridgehead atoms. The van der Waals surface area contributed by atoms with E-state index in [1.165, 1.54) is 27.8 Å². The number of halogens is 1. The summed E-state index contributed by atoms with van der Waals surface area (Å²) in [6.45, 7) is 6.32. The van der Waals surface area contributed by atoms with Gasteiger partial charge in [0.15, 0.2) is 5.13 Å². The topological polar surface area (TPSA) is 54.0 Å². The minimum Gasteiger partial charge on any atom is -0.303 e. The first-order valence-electron chi connectivity index (χ1n) is 9.76. The van der Waals surface area contributed by atoms with Crippen molar-refractivity contribution in [2.45, 2.75) is 70.9 Å². The summed E-state index contributed by atoms with van der Waals surface area (Å²) in [5.41, 5.74) is 2.27. The number of aromatic nitrogens is 1. The molecule has 0 aliphatic heterocycles. The summed E-state index contributed by atoms with van der Waals surface area (Å²) >= 11 is 1.54. The van der Waals surface area contributed by atoms with E-state index >= 15 is 0 Å². The fourth-order valence-electron chi connectivity index (χ4n) is 3.53. The normalized spacial score (nSPS) is 17.6. The fourth-order valence-corrected chi connectivity index (χ4v) is 4.35. The summed E-state index contributed by atoms with van der Waals surface area (Å²) < 4.78 is 13.4. The van der Waals surface area contributed by atoms with Crippen LogP contribution in [-0.4, -0.2) is 23.0 Å². The smallest absolute Gasteiger partial charge is 0.243 e. The Bertz CT molecular complexity index is 789. The highest BCUT2D eigenvalue weighted by atomic mass is 32.1. The van der Waals surface area contributed by atoms with Crippen molar-refractivity contribution in [1.82, 2.24) is 10.3 Å². The number of aryl methyl sites for hydroxylation is 1.